The van der Waals surface area contributed by atoms with Crippen LogP contribution >= 0.6 is 23.2 Å². The van der Waals surface area contributed by atoms with Gasteiger partial charge < -0.3 is 14.9 Å². The number of amides is 4. The monoisotopic (exact) mass is 702 g/mol. The lowest BCUT2D eigenvalue weighted by atomic mass is 9.56. The molecule has 2 aliphatic heterocycles. The quantitative estimate of drug-likeness (QED) is 0.114. The molecular weight excluding hydrogens is 682 g/mol. The number of hydrogen-bond donors (Lipinski definition) is 2. The molecule has 0 radical (unpaired) electrons. The van der Waals surface area contributed by atoms with Crippen LogP contribution in [0.4, 0.5) is 27.6 Å². The molecule has 2 aromatic carbocycles. The number of carbonyl (C=O) groups is 5. The standard InChI is InChI=1S/C30H21Cl2F5N2O8/c1-47-10-2-3-12(15(40)8-10)18-11-4-5-13-17(26(44)38(25(13)43)7-6-16(41)42)14(11)9-29(31)27(45)39(28(46)30(18,29)32)24-22(36)20(34)19(33)21(35)23(24)37/h2-4,8,13-14,17-18,40H,5-7,9H2,1H3,(H,41,42)/t13-,14+,17-,18+,29+,30-/m0/s1. The highest BCUT2D eigenvalue weighted by molar-refractivity contribution is 6.58. The first-order chi connectivity index (χ1) is 22.0. The van der Waals surface area contributed by atoms with Crippen LogP contribution in [0.1, 0.15) is 30.7 Å². The number of hydrogen-bond acceptors (Lipinski definition) is 7. The van der Waals surface area contributed by atoms with E-state index in [2.05, 4.69) is 0 Å². The molecule has 4 aliphatic rings. The highest BCUT2D eigenvalue weighted by atomic mass is 35.5. The third-order valence-electron chi connectivity index (χ3n) is 9.41. The third kappa shape index (κ3) is 4.24. The van der Waals surface area contributed by atoms with Crippen molar-refractivity contribution in [2.45, 2.75) is 34.9 Å². The average molecular weight is 703 g/mol. The second-order valence-electron chi connectivity index (χ2n) is 11.6. The van der Waals surface area contributed by atoms with Gasteiger partial charge in [-0.1, -0.05) is 17.7 Å². The van der Waals surface area contributed by atoms with Crippen LogP contribution in [0.15, 0.2) is 29.8 Å². The number of allylic oxidation sites excluding steroid dienone is 2. The molecule has 2 aromatic rings. The van der Waals surface area contributed by atoms with Crippen molar-refractivity contribution in [1.82, 2.24) is 4.90 Å². The number of likely N-dealkylation sites (tertiary alicyclic amines) is 1. The number of imide groups is 2. The molecule has 2 N–H and O–H groups in total. The van der Waals surface area contributed by atoms with Crippen LogP contribution in [0.2, 0.25) is 0 Å². The molecule has 6 rings (SSSR count). The Labute approximate surface area is 271 Å². The van der Waals surface area contributed by atoms with E-state index in [0.717, 1.165) is 11.0 Å². The zero-order valence-corrected chi connectivity index (χ0v) is 25.3. The van der Waals surface area contributed by atoms with E-state index in [1.807, 2.05) is 0 Å². The van der Waals surface area contributed by atoms with Gasteiger partial charge in [-0.15, -0.1) is 23.2 Å². The summed E-state index contributed by atoms with van der Waals surface area (Å²) in [5, 5.41) is 20.2. The summed E-state index contributed by atoms with van der Waals surface area (Å²) in [6.07, 6.45) is 0.00825. The van der Waals surface area contributed by atoms with Crippen LogP contribution < -0.4 is 9.64 Å². The third-order valence-corrected chi connectivity index (χ3v) is 10.8. The van der Waals surface area contributed by atoms with E-state index in [4.69, 9.17) is 33.0 Å². The molecule has 47 heavy (non-hydrogen) atoms. The van der Waals surface area contributed by atoms with Gasteiger partial charge >= 0.3 is 5.97 Å². The molecule has 2 saturated heterocycles. The number of nitrogens with zero attached hydrogens (tertiary/aromatic N) is 2. The number of phenols is 1. The van der Waals surface area contributed by atoms with E-state index < -0.39 is 123 Å². The van der Waals surface area contributed by atoms with Crippen LogP contribution in [0.3, 0.4) is 0 Å². The SMILES string of the molecule is COc1ccc([C@H]2C3=CC[C@@H]4C(=O)N(CCC(=O)O)C(=O)[C@@H]4[C@@H]3C[C@@]3(Cl)C(=O)N(c4c(F)c(F)c(F)c(F)c4F)C(=O)[C@@]23Cl)c(O)c1. The zero-order chi connectivity index (χ0) is 34.5. The number of benzene rings is 2. The van der Waals surface area contributed by atoms with Crippen molar-refractivity contribution in [3.63, 3.8) is 0 Å². The number of aromatic hydroxyl groups is 1. The van der Waals surface area contributed by atoms with Crippen molar-refractivity contribution in [2.24, 2.45) is 17.8 Å². The van der Waals surface area contributed by atoms with E-state index in [1.54, 1.807) is 0 Å². The number of halogens is 7. The number of fused-ring (bicyclic) bond motifs is 4. The number of aliphatic carboxylic acids is 1. The Morgan fingerprint density at radius 1 is 0.957 bits per heavy atom. The summed E-state index contributed by atoms with van der Waals surface area (Å²) in [6, 6.07) is 3.69. The minimum absolute atomic E-state index is 0.125. The van der Waals surface area contributed by atoms with Crippen LogP contribution in [0.5, 0.6) is 11.5 Å². The predicted molar refractivity (Wildman–Crippen MR) is 150 cm³/mol. The molecule has 2 aliphatic carbocycles. The normalized spacial score (nSPS) is 29.9. The highest BCUT2D eigenvalue weighted by Crippen LogP contribution is 2.66. The number of methoxy groups -OCH3 is 1. The van der Waals surface area contributed by atoms with Crippen LogP contribution in [0, 0.1) is 46.8 Å². The van der Waals surface area contributed by atoms with Gasteiger partial charge in [0.05, 0.1) is 25.4 Å². The second kappa shape index (κ2) is 10.9. The van der Waals surface area contributed by atoms with Gasteiger partial charge in [-0.2, -0.15) is 0 Å². The molecule has 1 saturated carbocycles. The van der Waals surface area contributed by atoms with Crippen molar-refractivity contribution in [3.8, 4) is 11.5 Å². The lowest BCUT2D eigenvalue weighted by Gasteiger charge is -2.50. The van der Waals surface area contributed by atoms with Crippen molar-refractivity contribution in [3.05, 3.63) is 64.5 Å². The average Bonchev–Trinajstić information content (AvgIpc) is 3.36. The molecule has 3 fully saturated rings. The van der Waals surface area contributed by atoms with Gasteiger partial charge in [0.15, 0.2) is 33.0 Å². The Balaban J connectivity index is 1.57. The van der Waals surface area contributed by atoms with Gasteiger partial charge in [0.2, 0.25) is 17.6 Å². The number of rotatable bonds is 6. The number of alkyl halides is 2. The summed E-state index contributed by atoms with van der Waals surface area (Å²) in [4.78, 5) is 61.3. The number of carboxylic acid groups (broad SMARTS) is 1. The van der Waals surface area contributed by atoms with Crippen LogP contribution in [-0.4, -0.2) is 68.1 Å². The number of ether oxygens (including phenoxy) is 1. The van der Waals surface area contributed by atoms with E-state index in [-0.39, 0.29) is 28.2 Å². The number of carbonyl (C=O) groups excluding carboxylic acids is 4. The van der Waals surface area contributed by atoms with Gasteiger partial charge in [0.1, 0.15) is 17.2 Å². The lowest BCUT2D eigenvalue weighted by Crippen LogP contribution is -2.60. The van der Waals surface area contributed by atoms with Crippen LogP contribution in [0.25, 0.3) is 0 Å². The fraction of sp³-hybridized carbons (Fsp3) is 0.367. The Bertz CT molecular complexity index is 1830. The zero-order valence-electron chi connectivity index (χ0n) is 23.8. The predicted octanol–water partition coefficient (Wildman–Crippen LogP) is 4.13. The fourth-order valence-electron chi connectivity index (χ4n) is 7.30. The Kier molecular flexibility index (Phi) is 7.59. The Hall–Kier alpha value is -4.24. The molecular formula is C30H21Cl2F5N2O8. The maximum absolute atomic E-state index is 15.1. The molecule has 0 aromatic heterocycles. The molecule has 0 unspecified atom stereocenters. The van der Waals surface area contributed by atoms with E-state index >= 15 is 8.78 Å². The van der Waals surface area contributed by atoms with Crippen LogP contribution in [-0.2, 0) is 24.0 Å². The van der Waals surface area contributed by atoms with Crippen molar-refractivity contribution in [1.29, 1.82) is 0 Å². The van der Waals surface area contributed by atoms with Gasteiger partial charge in [-0.3, -0.25) is 28.9 Å². The molecule has 2 heterocycles. The molecule has 0 bridgehead atoms. The smallest absolute Gasteiger partial charge is 0.305 e. The van der Waals surface area contributed by atoms with Crippen molar-refractivity contribution >= 4 is 58.5 Å². The van der Waals surface area contributed by atoms with Crippen molar-refractivity contribution in [2.75, 3.05) is 18.6 Å². The summed E-state index contributed by atoms with van der Waals surface area (Å²) in [5.74, 6) is -24.3. The van der Waals surface area contributed by atoms with Gasteiger partial charge in [-0.25, -0.2) is 26.9 Å². The number of carboxylic acids is 1. The highest BCUT2D eigenvalue weighted by Gasteiger charge is 2.77. The lowest BCUT2D eigenvalue weighted by molar-refractivity contribution is -0.142. The molecule has 10 nitrogen and oxygen atoms in total. The maximum Gasteiger partial charge on any atom is 0.305 e. The fourth-order valence-corrected chi connectivity index (χ4v) is 8.23. The minimum Gasteiger partial charge on any atom is -0.508 e. The number of phenolic OH excluding ortho intramolecular Hbond substituents is 1. The number of anilines is 1. The largest absolute Gasteiger partial charge is 0.508 e. The van der Waals surface area contributed by atoms with E-state index in [1.165, 1.54) is 25.3 Å². The van der Waals surface area contributed by atoms with Gasteiger partial charge in [-0.05, 0) is 24.8 Å². The van der Waals surface area contributed by atoms with Crippen molar-refractivity contribution < 1.29 is 60.9 Å². The van der Waals surface area contributed by atoms with E-state index in [9.17, 15) is 42.3 Å². The topological polar surface area (TPSA) is 142 Å². The first kappa shape index (κ1) is 32.7. The van der Waals surface area contributed by atoms with E-state index in [0.29, 0.717) is 0 Å². The summed E-state index contributed by atoms with van der Waals surface area (Å²) < 4.78 is 77.8. The maximum atomic E-state index is 15.1. The molecule has 6 atom stereocenters. The summed E-state index contributed by atoms with van der Waals surface area (Å²) >= 11 is 14.0. The second-order valence-corrected chi connectivity index (χ2v) is 12.8. The van der Waals surface area contributed by atoms with Gasteiger partial charge in [0, 0.05) is 24.1 Å². The first-order valence-electron chi connectivity index (χ1n) is 13.9. The molecule has 4 amide bonds. The summed E-state index contributed by atoms with van der Waals surface area (Å²) in [7, 11) is 1.28. The Morgan fingerprint density at radius 3 is 2.15 bits per heavy atom. The summed E-state index contributed by atoms with van der Waals surface area (Å²) in [6.45, 7) is -0.471. The first-order valence-corrected chi connectivity index (χ1v) is 14.7. The van der Waals surface area contributed by atoms with Gasteiger partial charge in [0.25, 0.3) is 11.8 Å². The molecule has 0 spiro atoms. The molecule has 248 valence electrons. The molecule has 17 heteroatoms. The Morgan fingerprint density at radius 2 is 1.57 bits per heavy atom. The minimum atomic E-state index is -2.80. The summed E-state index contributed by atoms with van der Waals surface area (Å²) in [5.41, 5.74) is -1.98.